The molecule has 4 aromatic rings. The van der Waals surface area contributed by atoms with Gasteiger partial charge in [0.1, 0.15) is 10.5 Å². The molecule has 0 aliphatic heterocycles. The first-order chi connectivity index (χ1) is 13.3. The third-order valence-corrected chi connectivity index (χ3v) is 6.98. The lowest BCUT2D eigenvalue weighted by molar-refractivity contribution is 0.663. The molecule has 146 valence electrons. The Kier molecular flexibility index (Phi) is 4.33. The predicted octanol–water partition coefficient (Wildman–Crippen LogP) is 3.37. The largest absolute Gasteiger partial charge is 0.295 e. The molecular weight excluding hydrogens is 372 g/mol. The van der Waals surface area contributed by atoms with Crippen LogP contribution >= 0.6 is 0 Å². The minimum Gasteiger partial charge on any atom is -0.295 e. The Labute approximate surface area is 166 Å². The summed E-state index contributed by atoms with van der Waals surface area (Å²) in [6.45, 7) is 12.2. The van der Waals surface area contributed by atoms with Crippen molar-refractivity contribution in [1.29, 1.82) is 0 Å². The van der Waals surface area contributed by atoms with E-state index in [1.165, 1.54) is 11.1 Å². The van der Waals surface area contributed by atoms with Gasteiger partial charge in [0, 0.05) is 18.2 Å². The van der Waals surface area contributed by atoms with Gasteiger partial charge in [-0.05, 0) is 62.9 Å². The monoisotopic (exact) mass is 396 g/mol. The van der Waals surface area contributed by atoms with Crippen molar-refractivity contribution in [2.45, 2.75) is 46.6 Å². The molecule has 0 N–H and O–H groups in total. The van der Waals surface area contributed by atoms with Crippen LogP contribution in [0.2, 0.25) is 0 Å². The molecule has 0 saturated heterocycles. The number of rotatable bonds is 3. The zero-order valence-electron chi connectivity index (χ0n) is 17.3. The third kappa shape index (κ3) is 2.51. The first-order valence-corrected chi connectivity index (χ1v) is 10.6. The number of fused-ring (bicyclic) bond motifs is 2. The van der Waals surface area contributed by atoms with Crippen LogP contribution in [0.25, 0.3) is 28.0 Å². The second-order valence-electron chi connectivity index (χ2n) is 7.24. The molecule has 0 spiro atoms. The summed E-state index contributed by atoms with van der Waals surface area (Å²) in [7, 11) is 0.682. The summed E-state index contributed by atoms with van der Waals surface area (Å²) in [5.74, 6) is 1.10. The first kappa shape index (κ1) is 18.7. The number of benzene rings is 1. The molecule has 0 aliphatic rings. The number of nitrogens with zero attached hydrogens (tertiary/aromatic N) is 6. The summed E-state index contributed by atoms with van der Waals surface area (Å²) >= 11 is 0. The lowest BCUT2D eigenvalue weighted by Crippen LogP contribution is -2.11. The normalized spacial score (nSPS) is 13.0. The summed E-state index contributed by atoms with van der Waals surface area (Å²) in [6, 6.07) is 1.90. The Morgan fingerprint density at radius 1 is 1.00 bits per heavy atom. The number of hydrogen-bond donors (Lipinski definition) is 0. The van der Waals surface area contributed by atoms with Crippen LogP contribution in [0.3, 0.4) is 0 Å². The molecule has 8 heteroatoms. The van der Waals surface area contributed by atoms with E-state index >= 15 is 0 Å². The SMILES string of the molecule is CCS(=O)c1c2c(C)c(C)c(C)c(C)c2nn1-c1nc2cc(C)nnc2n1C. The molecule has 1 aromatic carbocycles. The van der Waals surface area contributed by atoms with Gasteiger partial charge >= 0.3 is 0 Å². The van der Waals surface area contributed by atoms with E-state index in [0.29, 0.717) is 22.4 Å². The lowest BCUT2D eigenvalue weighted by atomic mass is 9.96. The van der Waals surface area contributed by atoms with Gasteiger partial charge in [-0.1, -0.05) is 6.92 Å². The molecule has 7 nitrogen and oxygen atoms in total. The Balaban J connectivity index is 2.16. The molecule has 0 amide bonds. The highest BCUT2D eigenvalue weighted by atomic mass is 32.2. The maximum Gasteiger partial charge on any atom is 0.233 e. The van der Waals surface area contributed by atoms with Crippen molar-refractivity contribution in [2.75, 3.05) is 5.75 Å². The van der Waals surface area contributed by atoms with Crippen LogP contribution in [0.15, 0.2) is 11.1 Å². The molecule has 0 radical (unpaired) electrons. The Bertz CT molecular complexity index is 1280. The van der Waals surface area contributed by atoms with E-state index in [4.69, 9.17) is 10.1 Å². The summed E-state index contributed by atoms with van der Waals surface area (Å²) < 4.78 is 16.7. The van der Waals surface area contributed by atoms with Crippen molar-refractivity contribution < 1.29 is 4.21 Å². The van der Waals surface area contributed by atoms with Gasteiger partial charge in [-0.25, -0.2) is 4.98 Å². The summed E-state index contributed by atoms with van der Waals surface area (Å²) in [5, 5.41) is 15.0. The molecule has 1 atom stereocenters. The average molecular weight is 397 g/mol. The average Bonchev–Trinajstić information content (AvgIpc) is 3.22. The number of aryl methyl sites for hydroxylation is 4. The molecule has 0 saturated carbocycles. The van der Waals surface area contributed by atoms with Crippen LogP contribution < -0.4 is 0 Å². The van der Waals surface area contributed by atoms with E-state index < -0.39 is 10.8 Å². The Morgan fingerprint density at radius 2 is 1.68 bits per heavy atom. The fourth-order valence-electron chi connectivity index (χ4n) is 3.67. The minimum atomic E-state index is -1.20. The van der Waals surface area contributed by atoms with Crippen LogP contribution in [0, 0.1) is 34.6 Å². The highest BCUT2D eigenvalue weighted by Crippen LogP contribution is 2.34. The molecular formula is C20H24N6OS. The number of hydrogen-bond acceptors (Lipinski definition) is 5. The highest BCUT2D eigenvalue weighted by Gasteiger charge is 2.25. The molecule has 3 aromatic heterocycles. The highest BCUT2D eigenvalue weighted by molar-refractivity contribution is 7.85. The Morgan fingerprint density at radius 3 is 2.36 bits per heavy atom. The summed E-state index contributed by atoms with van der Waals surface area (Å²) in [4.78, 5) is 4.75. The molecule has 3 heterocycles. The number of imidazole rings is 1. The second kappa shape index (κ2) is 6.48. The fraction of sp³-hybridized carbons (Fsp3) is 0.400. The smallest absolute Gasteiger partial charge is 0.233 e. The maximum absolute atomic E-state index is 13.1. The second-order valence-corrected chi connectivity index (χ2v) is 8.90. The van der Waals surface area contributed by atoms with Crippen LogP contribution in [-0.4, -0.2) is 39.5 Å². The standard InChI is InChI=1S/C20H24N6OS/c1-8-28(27)19-16-13(5)11(3)12(4)14(6)17(16)24-26(19)20-21-15-9-10(2)22-23-18(15)25(20)7/h9H,8H2,1-7H3. The molecule has 0 aliphatic carbocycles. The van der Waals surface area contributed by atoms with Gasteiger partial charge in [0.05, 0.1) is 22.0 Å². The van der Waals surface area contributed by atoms with E-state index in [-0.39, 0.29) is 0 Å². The lowest BCUT2D eigenvalue weighted by Gasteiger charge is -2.11. The van der Waals surface area contributed by atoms with Crippen molar-refractivity contribution in [3.05, 3.63) is 34.0 Å². The van der Waals surface area contributed by atoms with Crippen molar-refractivity contribution in [3.63, 3.8) is 0 Å². The van der Waals surface area contributed by atoms with E-state index in [1.807, 2.05) is 31.5 Å². The van der Waals surface area contributed by atoms with Gasteiger partial charge in [-0.2, -0.15) is 14.9 Å². The van der Waals surface area contributed by atoms with Crippen LogP contribution in [0.1, 0.15) is 34.9 Å². The van der Waals surface area contributed by atoms with Crippen molar-refractivity contribution in [2.24, 2.45) is 7.05 Å². The van der Waals surface area contributed by atoms with Crippen LogP contribution in [0.4, 0.5) is 0 Å². The van der Waals surface area contributed by atoms with Crippen molar-refractivity contribution >= 4 is 32.9 Å². The summed E-state index contributed by atoms with van der Waals surface area (Å²) in [6.07, 6.45) is 0. The molecule has 28 heavy (non-hydrogen) atoms. The molecule has 0 bridgehead atoms. The van der Waals surface area contributed by atoms with E-state index in [2.05, 4.69) is 37.9 Å². The third-order valence-electron chi connectivity index (χ3n) is 5.64. The fourth-order valence-corrected chi connectivity index (χ4v) is 4.74. The summed E-state index contributed by atoms with van der Waals surface area (Å²) in [5.41, 5.74) is 7.77. The first-order valence-electron chi connectivity index (χ1n) is 9.30. The number of aromatic nitrogens is 6. The Hall–Kier alpha value is -2.61. The van der Waals surface area contributed by atoms with Gasteiger partial charge in [0.2, 0.25) is 5.95 Å². The minimum absolute atomic E-state index is 0.509. The van der Waals surface area contributed by atoms with Gasteiger partial charge in [0.15, 0.2) is 5.65 Å². The molecule has 0 fully saturated rings. The van der Waals surface area contributed by atoms with Gasteiger partial charge < -0.3 is 0 Å². The van der Waals surface area contributed by atoms with Gasteiger partial charge in [-0.15, -0.1) is 5.10 Å². The van der Waals surface area contributed by atoms with Crippen molar-refractivity contribution in [1.82, 2.24) is 29.5 Å². The van der Waals surface area contributed by atoms with E-state index in [1.54, 1.807) is 4.68 Å². The van der Waals surface area contributed by atoms with Gasteiger partial charge in [-0.3, -0.25) is 8.78 Å². The quantitative estimate of drug-likeness (QED) is 0.530. The molecule has 4 rings (SSSR count). The van der Waals surface area contributed by atoms with Crippen LogP contribution in [-0.2, 0) is 17.8 Å². The topological polar surface area (TPSA) is 78.5 Å². The van der Waals surface area contributed by atoms with E-state index in [0.717, 1.165) is 33.2 Å². The predicted molar refractivity (Wildman–Crippen MR) is 112 cm³/mol. The molecule has 1 unspecified atom stereocenters. The zero-order chi connectivity index (χ0) is 20.3. The maximum atomic E-state index is 13.1. The van der Waals surface area contributed by atoms with Crippen molar-refractivity contribution in [3.8, 4) is 5.95 Å². The van der Waals surface area contributed by atoms with E-state index in [9.17, 15) is 4.21 Å². The van der Waals surface area contributed by atoms with Crippen LogP contribution in [0.5, 0.6) is 0 Å². The van der Waals surface area contributed by atoms with Gasteiger partial charge in [0.25, 0.3) is 0 Å². The zero-order valence-corrected chi connectivity index (χ0v) is 18.1.